The number of nitrogens with two attached hydrogens (primary N) is 1. The van der Waals surface area contributed by atoms with Crippen molar-refractivity contribution in [3.63, 3.8) is 0 Å². The van der Waals surface area contributed by atoms with Crippen LogP contribution < -0.4 is 5.73 Å². The van der Waals surface area contributed by atoms with E-state index in [1.807, 2.05) is 6.26 Å². The Morgan fingerprint density at radius 1 is 1.38 bits per heavy atom. The standard InChI is InChI=1S/C8H12N4S/c1-13-4-6-10-7(5-2-3-5)12-8(9)11-6/h5H,2-4H2,1H3,(H2,9,10,11,12). The van der Waals surface area contributed by atoms with Crippen LogP contribution in [0.5, 0.6) is 0 Å². The van der Waals surface area contributed by atoms with E-state index < -0.39 is 0 Å². The molecule has 1 saturated carbocycles. The average molecular weight is 196 g/mol. The first-order chi connectivity index (χ1) is 6.29. The van der Waals surface area contributed by atoms with Crippen LogP contribution >= 0.6 is 11.8 Å². The van der Waals surface area contributed by atoms with Crippen molar-refractivity contribution < 1.29 is 0 Å². The van der Waals surface area contributed by atoms with Gasteiger partial charge in [-0.25, -0.2) is 4.98 Å². The molecule has 1 aromatic rings. The second-order valence-electron chi connectivity index (χ2n) is 3.18. The second-order valence-corrected chi connectivity index (χ2v) is 4.04. The van der Waals surface area contributed by atoms with E-state index in [1.165, 1.54) is 12.8 Å². The van der Waals surface area contributed by atoms with Gasteiger partial charge in [-0.1, -0.05) is 0 Å². The Labute approximate surface area is 81.4 Å². The van der Waals surface area contributed by atoms with Crippen molar-refractivity contribution in [1.82, 2.24) is 15.0 Å². The van der Waals surface area contributed by atoms with Crippen molar-refractivity contribution in [2.24, 2.45) is 0 Å². The molecule has 0 spiro atoms. The normalized spacial score (nSPS) is 16.1. The Morgan fingerprint density at radius 3 is 2.77 bits per heavy atom. The highest BCUT2D eigenvalue weighted by Crippen LogP contribution is 2.38. The fraction of sp³-hybridized carbons (Fsp3) is 0.625. The SMILES string of the molecule is CSCc1nc(N)nc(C2CC2)n1. The van der Waals surface area contributed by atoms with Gasteiger partial charge in [0.15, 0.2) is 0 Å². The van der Waals surface area contributed by atoms with Crippen molar-refractivity contribution >= 4 is 17.7 Å². The lowest BCUT2D eigenvalue weighted by Gasteiger charge is -2.01. The Kier molecular flexibility index (Phi) is 2.35. The predicted octanol–water partition coefficient (Wildman–Crippen LogP) is 1.19. The van der Waals surface area contributed by atoms with Crippen molar-refractivity contribution in [3.8, 4) is 0 Å². The quantitative estimate of drug-likeness (QED) is 0.786. The van der Waals surface area contributed by atoms with Crippen LogP contribution in [0.4, 0.5) is 5.95 Å². The summed E-state index contributed by atoms with van der Waals surface area (Å²) in [6.45, 7) is 0. The molecule has 13 heavy (non-hydrogen) atoms. The smallest absolute Gasteiger partial charge is 0.223 e. The summed E-state index contributed by atoms with van der Waals surface area (Å²) in [5, 5.41) is 0. The van der Waals surface area contributed by atoms with E-state index in [9.17, 15) is 0 Å². The Morgan fingerprint density at radius 2 is 2.15 bits per heavy atom. The van der Waals surface area contributed by atoms with Crippen molar-refractivity contribution in [1.29, 1.82) is 0 Å². The molecule has 2 N–H and O–H groups in total. The van der Waals surface area contributed by atoms with Gasteiger partial charge >= 0.3 is 0 Å². The first kappa shape index (κ1) is 8.74. The van der Waals surface area contributed by atoms with Gasteiger partial charge in [0.25, 0.3) is 0 Å². The molecular weight excluding hydrogens is 184 g/mol. The molecule has 0 bridgehead atoms. The molecule has 70 valence electrons. The lowest BCUT2D eigenvalue weighted by Crippen LogP contribution is -2.05. The molecule has 2 rings (SSSR count). The number of thioether (sulfide) groups is 1. The maximum absolute atomic E-state index is 5.58. The van der Waals surface area contributed by atoms with E-state index in [1.54, 1.807) is 11.8 Å². The van der Waals surface area contributed by atoms with Crippen molar-refractivity contribution in [2.75, 3.05) is 12.0 Å². The highest BCUT2D eigenvalue weighted by Gasteiger charge is 2.27. The zero-order chi connectivity index (χ0) is 9.26. The van der Waals surface area contributed by atoms with Gasteiger partial charge in [0.2, 0.25) is 5.95 Å². The maximum Gasteiger partial charge on any atom is 0.223 e. The van der Waals surface area contributed by atoms with E-state index >= 15 is 0 Å². The molecule has 0 aromatic carbocycles. The number of nitrogen functional groups attached to an aromatic ring is 1. The van der Waals surface area contributed by atoms with Crippen molar-refractivity contribution in [3.05, 3.63) is 11.6 Å². The molecular formula is C8H12N4S. The van der Waals surface area contributed by atoms with E-state index in [0.29, 0.717) is 11.9 Å². The fourth-order valence-corrected chi connectivity index (χ4v) is 1.56. The number of nitrogens with zero attached hydrogens (tertiary/aromatic N) is 3. The van der Waals surface area contributed by atoms with Crippen LogP contribution in [0, 0.1) is 0 Å². The van der Waals surface area contributed by atoms with Crippen LogP contribution in [0.1, 0.15) is 30.4 Å². The molecule has 1 heterocycles. The predicted molar refractivity (Wildman–Crippen MR) is 53.4 cm³/mol. The molecule has 1 aliphatic rings. The summed E-state index contributed by atoms with van der Waals surface area (Å²) < 4.78 is 0. The van der Waals surface area contributed by atoms with Gasteiger partial charge in [-0.15, -0.1) is 0 Å². The van der Waals surface area contributed by atoms with Crippen LogP contribution in [-0.4, -0.2) is 21.2 Å². The minimum Gasteiger partial charge on any atom is -0.368 e. The summed E-state index contributed by atoms with van der Waals surface area (Å²) >= 11 is 1.70. The van der Waals surface area contributed by atoms with Gasteiger partial charge in [0.05, 0.1) is 5.75 Å². The van der Waals surface area contributed by atoms with E-state index in [4.69, 9.17) is 5.73 Å². The van der Waals surface area contributed by atoms with Crippen LogP contribution in [0.2, 0.25) is 0 Å². The minimum absolute atomic E-state index is 0.362. The summed E-state index contributed by atoms with van der Waals surface area (Å²) in [7, 11) is 0. The van der Waals surface area contributed by atoms with Gasteiger partial charge in [-0.3, -0.25) is 0 Å². The molecule has 1 fully saturated rings. The number of rotatable bonds is 3. The average Bonchev–Trinajstić information content (AvgIpc) is 2.85. The minimum atomic E-state index is 0.362. The molecule has 5 heteroatoms. The van der Waals surface area contributed by atoms with Crippen LogP contribution in [0.3, 0.4) is 0 Å². The molecule has 0 atom stereocenters. The van der Waals surface area contributed by atoms with Crippen LogP contribution in [0.15, 0.2) is 0 Å². The Balaban J connectivity index is 2.25. The molecule has 0 saturated heterocycles. The van der Waals surface area contributed by atoms with E-state index in [-0.39, 0.29) is 0 Å². The third kappa shape index (κ3) is 2.09. The zero-order valence-electron chi connectivity index (χ0n) is 7.53. The summed E-state index contributed by atoms with van der Waals surface area (Å²) in [5.74, 6) is 3.41. The number of hydrogen-bond donors (Lipinski definition) is 1. The van der Waals surface area contributed by atoms with Crippen LogP contribution in [0.25, 0.3) is 0 Å². The Hall–Kier alpha value is -0.840. The topological polar surface area (TPSA) is 64.7 Å². The lowest BCUT2D eigenvalue weighted by molar-refractivity contribution is 0.858. The number of anilines is 1. The third-order valence-corrected chi connectivity index (χ3v) is 2.48. The summed E-state index contributed by atoms with van der Waals surface area (Å²) in [6, 6.07) is 0. The number of hydrogen-bond acceptors (Lipinski definition) is 5. The zero-order valence-corrected chi connectivity index (χ0v) is 8.34. The monoisotopic (exact) mass is 196 g/mol. The first-order valence-electron chi connectivity index (χ1n) is 4.29. The molecule has 0 unspecified atom stereocenters. The highest BCUT2D eigenvalue weighted by molar-refractivity contribution is 7.97. The van der Waals surface area contributed by atoms with Gasteiger partial charge < -0.3 is 5.73 Å². The van der Waals surface area contributed by atoms with E-state index in [2.05, 4.69) is 15.0 Å². The molecule has 4 nitrogen and oxygen atoms in total. The van der Waals surface area contributed by atoms with Gasteiger partial charge in [-0.05, 0) is 19.1 Å². The van der Waals surface area contributed by atoms with Crippen molar-refractivity contribution in [2.45, 2.75) is 24.5 Å². The Bertz CT molecular complexity index is 311. The molecule has 0 aliphatic heterocycles. The summed E-state index contributed by atoms with van der Waals surface area (Å²) in [6.07, 6.45) is 4.42. The second kappa shape index (κ2) is 3.49. The van der Waals surface area contributed by atoms with Gasteiger partial charge in [-0.2, -0.15) is 21.7 Å². The fourth-order valence-electron chi connectivity index (χ4n) is 1.17. The number of aromatic nitrogens is 3. The molecule has 0 amide bonds. The highest BCUT2D eigenvalue weighted by atomic mass is 32.2. The van der Waals surface area contributed by atoms with Gasteiger partial charge in [0.1, 0.15) is 11.6 Å². The molecule has 1 aliphatic carbocycles. The summed E-state index contributed by atoms with van der Waals surface area (Å²) in [4.78, 5) is 12.6. The molecule has 1 aromatic heterocycles. The maximum atomic E-state index is 5.58. The largest absolute Gasteiger partial charge is 0.368 e. The summed E-state index contributed by atoms with van der Waals surface area (Å²) in [5.41, 5.74) is 5.58. The van der Waals surface area contributed by atoms with Crippen LogP contribution in [-0.2, 0) is 5.75 Å². The van der Waals surface area contributed by atoms with Gasteiger partial charge in [0, 0.05) is 5.92 Å². The first-order valence-corrected chi connectivity index (χ1v) is 5.68. The third-order valence-electron chi connectivity index (χ3n) is 1.93. The lowest BCUT2D eigenvalue weighted by atomic mass is 10.4. The van der Waals surface area contributed by atoms with E-state index in [0.717, 1.165) is 17.4 Å². The molecule has 0 radical (unpaired) electrons.